The summed E-state index contributed by atoms with van der Waals surface area (Å²) in [6.07, 6.45) is 2.53. The van der Waals surface area contributed by atoms with Crippen LogP contribution in [-0.2, 0) is 13.1 Å². The number of ether oxygens (including phenoxy) is 1. The molecule has 2 aromatic rings. The molecule has 0 spiro atoms. The molecule has 1 amide bonds. The molecule has 1 aliphatic rings. The Bertz CT molecular complexity index is 824. The summed E-state index contributed by atoms with van der Waals surface area (Å²) in [6.45, 7) is 3.83. The van der Waals surface area contributed by atoms with Crippen molar-refractivity contribution in [3.8, 4) is 5.75 Å². The minimum absolute atomic E-state index is 0.145. The number of hydrogen-bond acceptors (Lipinski definition) is 4. The number of furan rings is 1. The molecule has 0 bridgehead atoms. The molecule has 0 saturated heterocycles. The lowest BCUT2D eigenvalue weighted by Gasteiger charge is -2.15. The molecule has 0 unspecified atom stereocenters. The smallest absolute Gasteiger partial charge is 0.284 e. The summed E-state index contributed by atoms with van der Waals surface area (Å²) < 4.78 is 11.4. The van der Waals surface area contributed by atoms with Gasteiger partial charge in [-0.1, -0.05) is 12.1 Å². The number of nitrogens with zero attached hydrogens (tertiary/aromatic N) is 1. The maximum atomic E-state index is 11.1. The Hall–Kier alpha value is -2.96. The number of guanidine groups is 1. The van der Waals surface area contributed by atoms with E-state index in [1.165, 1.54) is 18.4 Å². The largest absolute Gasteiger partial charge is 0.493 e. The third kappa shape index (κ3) is 5.51. The molecule has 144 valence electrons. The molecule has 7 nitrogen and oxygen atoms in total. The van der Waals surface area contributed by atoms with Gasteiger partial charge in [0.25, 0.3) is 5.91 Å². The van der Waals surface area contributed by atoms with Gasteiger partial charge in [0, 0.05) is 19.2 Å². The number of benzene rings is 1. The fraction of sp³-hybridized carbons (Fsp3) is 0.400. The van der Waals surface area contributed by atoms with Gasteiger partial charge in [-0.3, -0.25) is 9.79 Å². The van der Waals surface area contributed by atoms with Crippen LogP contribution < -0.4 is 21.1 Å². The van der Waals surface area contributed by atoms with Gasteiger partial charge in [-0.15, -0.1) is 0 Å². The fourth-order valence-corrected chi connectivity index (χ4v) is 2.61. The third-order valence-corrected chi connectivity index (χ3v) is 4.40. The van der Waals surface area contributed by atoms with E-state index in [-0.39, 0.29) is 5.76 Å². The van der Waals surface area contributed by atoms with Crippen molar-refractivity contribution < 1.29 is 13.9 Å². The summed E-state index contributed by atoms with van der Waals surface area (Å²) >= 11 is 0. The molecule has 1 aliphatic carbocycles. The van der Waals surface area contributed by atoms with Gasteiger partial charge in [-0.2, -0.15) is 0 Å². The first-order chi connectivity index (χ1) is 13.0. The first kappa shape index (κ1) is 18.8. The molecule has 0 radical (unpaired) electrons. The average Bonchev–Trinajstić information content (AvgIpc) is 3.36. The monoisotopic (exact) mass is 370 g/mol. The number of carbonyl (C=O) groups is 1. The van der Waals surface area contributed by atoms with Gasteiger partial charge in [0.15, 0.2) is 11.7 Å². The number of amides is 1. The van der Waals surface area contributed by atoms with Gasteiger partial charge in [0.1, 0.15) is 11.5 Å². The molecule has 7 heteroatoms. The zero-order valence-electron chi connectivity index (χ0n) is 15.7. The second-order valence-electron chi connectivity index (χ2n) is 6.78. The standard InChI is InChI=1S/C20H26N4O3/c1-13-3-6-15(18(9-13)26-12-14-4-5-14)10-23-20(22-2)24-11-16-7-8-17(27-16)19(21)25/h3,6-9,14H,4-5,10-12H2,1-2H3,(H2,21,25)(H2,22,23,24). The van der Waals surface area contributed by atoms with E-state index in [2.05, 4.69) is 40.7 Å². The predicted octanol–water partition coefficient (Wildman–Crippen LogP) is 2.34. The quantitative estimate of drug-likeness (QED) is 0.489. The molecular formula is C20H26N4O3. The second kappa shape index (κ2) is 8.62. The summed E-state index contributed by atoms with van der Waals surface area (Å²) in [5.74, 6) is 2.42. The van der Waals surface area contributed by atoms with Crippen LogP contribution in [0.4, 0.5) is 0 Å². The van der Waals surface area contributed by atoms with E-state index in [9.17, 15) is 4.79 Å². The van der Waals surface area contributed by atoms with E-state index < -0.39 is 5.91 Å². The van der Waals surface area contributed by atoms with Crippen molar-refractivity contribution in [2.45, 2.75) is 32.9 Å². The number of nitrogens with two attached hydrogens (primary N) is 1. The Morgan fingerprint density at radius 1 is 1.26 bits per heavy atom. The highest BCUT2D eigenvalue weighted by molar-refractivity contribution is 5.89. The van der Waals surface area contributed by atoms with Gasteiger partial charge in [-0.25, -0.2) is 0 Å². The Kier molecular flexibility index (Phi) is 6.01. The molecule has 0 aliphatic heterocycles. The summed E-state index contributed by atoms with van der Waals surface area (Å²) in [4.78, 5) is 15.3. The molecular weight excluding hydrogens is 344 g/mol. The van der Waals surface area contributed by atoms with Crippen molar-refractivity contribution >= 4 is 11.9 Å². The number of aliphatic imine (C=N–C) groups is 1. The molecule has 1 heterocycles. The van der Waals surface area contributed by atoms with Crippen LogP contribution in [0.1, 0.15) is 40.3 Å². The van der Waals surface area contributed by atoms with E-state index in [1.54, 1.807) is 19.2 Å². The number of carbonyl (C=O) groups excluding carboxylic acids is 1. The van der Waals surface area contributed by atoms with Crippen molar-refractivity contribution in [3.05, 3.63) is 53.0 Å². The first-order valence-electron chi connectivity index (χ1n) is 9.10. The van der Waals surface area contributed by atoms with Gasteiger partial charge in [0.05, 0.1) is 13.2 Å². The number of primary amides is 1. The number of nitrogens with one attached hydrogen (secondary N) is 2. The lowest BCUT2D eigenvalue weighted by atomic mass is 10.1. The minimum atomic E-state index is -0.582. The van der Waals surface area contributed by atoms with Crippen LogP contribution in [0.15, 0.2) is 39.7 Å². The van der Waals surface area contributed by atoms with Crippen LogP contribution in [-0.4, -0.2) is 25.5 Å². The zero-order chi connectivity index (χ0) is 19.2. The fourth-order valence-electron chi connectivity index (χ4n) is 2.61. The second-order valence-corrected chi connectivity index (χ2v) is 6.78. The zero-order valence-corrected chi connectivity index (χ0v) is 15.7. The lowest BCUT2D eigenvalue weighted by molar-refractivity contribution is 0.0972. The molecule has 1 aromatic heterocycles. The number of hydrogen-bond donors (Lipinski definition) is 3. The normalized spacial score (nSPS) is 14.1. The van der Waals surface area contributed by atoms with Gasteiger partial charge >= 0.3 is 0 Å². The maximum absolute atomic E-state index is 11.1. The highest BCUT2D eigenvalue weighted by Gasteiger charge is 2.22. The lowest BCUT2D eigenvalue weighted by Crippen LogP contribution is -2.36. The molecule has 1 fully saturated rings. The van der Waals surface area contributed by atoms with E-state index in [0.29, 0.717) is 30.7 Å². The van der Waals surface area contributed by atoms with Crippen LogP contribution in [0.5, 0.6) is 5.75 Å². The maximum Gasteiger partial charge on any atom is 0.284 e. The first-order valence-corrected chi connectivity index (χ1v) is 9.10. The summed E-state index contributed by atoms with van der Waals surface area (Å²) in [5.41, 5.74) is 7.45. The third-order valence-electron chi connectivity index (χ3n) is 4.40. The highest BCUT2D eigenvalue weighted by atomic mass is 16.5. The molecule has 4 N–H and O–H groups in total. The van der Waals surface area contributed by atoms with E-state index >= 15 is 0 Å². The Balaban J connectivity index is 1.54. The minimum Gasteiger partial charge on any atom is -0.493 e. The van der Waals surface area contributed by atoms with Crippen molar-refractivity contribution in [2.24, 2.45) is 16.6 Å². The van der Waals surface area contributed by atoms with Gasteiger partial charge in [0.2, 0.25) is 0 Å². The highest BCUT2D eigenvalue weighted by Crippen LogP contribution is 2.30. The molecule has 1 aromatic carbocycles. The van der Waals surface area contributed by atoms with Crippen molar-refractivity contribution in [3.63, 3.8) is 0 Å². The average molecular weight is 370 g/mol. The molecule has 27 heavy (non-hydrogen) atoms. The van der Waals surface area contributed by atoms with Crippen molar-refractivity contribution in [2.75, 3.05) is 13.7 Å². The topological polar surface area (TPSA) is 102 Å². The molecule has 1 saturated carbocycles. The van der Waals surface area contributed by atoms with E-state index in [4.69, 9.17) is 14.9 Å². The summed E-state index contributed by atoms with van der Waals surface area (Å²) in [7, 11) is 1.70. The van der Waals surface area contributed by atoms with E-state index in [1.807, 2.05) is 0 Å². The van der Waals surface area contributed by atoms with Crippen LogP contribution >= 0.6 is 0 Å². The Morgan fingerprint density at radius 3 is 2.70 bits per heavy atom. The van der Waals surface area contributed by atoms with Crippen molar-refractivity contribution in [1.29, 1.82) is 0 Å². The Labute approximate surface area is 159 Å². The number of rotatable bonds is 8. The van der Waals surface area contributed by atoms with Crippen molar-refractivity contribution in [1.82, 2.24) is 10.6 Å². The predicted molar refractivity (Wildman–Crippen MR) is 104 cm³/mol. The van der Waals surface area contributed by atoms with Gasteiger partial charge in [-0.05, 0) is 49.4 Å². The molecule has 0 atom stereocenters. The van der Waals surface area contributed by atoms with Crippen LogP contribution in [0.25, 0.3) is 0 Å². The summed E-state index contributed by atoms with van der Waals surface area (Å²) in [6, 6.07) is 9.49. The van der Waals surface area contributed by atoms with Crippen LogP contribution in [0, 0.1) is 12.8 Å². The molecule has 3 rings (SSSR count). The van der Waals surface area contributed by atoms with Crippen LogP contribution in [0.3, 0.4) is 0 Å². The number of aryl methyl sites for hydroxylation is 1. The summed E-state index contributed by atoms with van der Waals surface area (Å²) in [5, 5.41) is 6.43. The van der Waals surface area contributed by atoms with Gasteiger partial charge < -0.3 is 25.5 Å². The SMILES string of the molecule is CN=C(NCc1ccc(C(N)=O)o1)NCc1ccc(C)cc1OCC1CC1. The van der Waals surface area contributed by atoms with E-state index in [0.717, 1.165) is 17.9 Å². The van der Waals surface area contributed by atoms with Crippen LogP contribution in [0.2, 0.25) is 0 Å². The Morgan fingerprint density at radius 2 is 2.04 bits per heavy atom.